The zero-order valence-electron chi connectivity index (χ0n) is 10.6. The second-order valence-electron chi connectivity index (χ2n) is 4.98. The molecular weight excluding hydrogens is 255 g/mol. The number of nitrogens with one attached hydrogen (secondary N) is 1. The van der Waals surface area contributed by atoms with Crippen molar-refractivity contribution in [3.63, 3.8) is 0 Å². The molecule has 2 nitrogen and oxygen atoms in total. The SMILES string of the molecule is FC(F)(F)CONC1CCC(c2ccccc2)CC1. The van der Waals surface area contributed by atoms with Gasteiger partial charge < -0.3 is 0 Å². The van der Waals surface area contributed by atoms with E-state index in [9.17, 15) is 13.2 Å². The molecule has 1 N–H and O–H groups in total. The van der Waals surface area contributed by atoms with Gasteiger partial charge in [0.1, 0.15) is 0 Å². The van der Waals surface area contributed by atoms with Crippen molar-refractivity contribution < 1.29 is 18.0 Å². The summed E-state index contributed by atoms with van der Waals surface area (Å²) < 4.78 is 35.8. The first-order valence-corrected chi connectivity index (χ1v) is 6.53. The number of hydrogen-bond acceptors (Lipinski definition) is 2. The van der Waals surface area contributed by atoms with Gasteiger partial charge in [-0.3, -0.25) is 4.84 Å². The fourth-order valence-corrected chi connectivity index (χ4v) is 2.51. The van der Waals surface area contributed by atoms with E-state index < -0.39 is 12.8 Å². The average molecular weight is 273 g/mol. The standard InChI is InChI=1S/C14H18F3NO/c15-14(16,17)10-19-18-13-8-6-12(7-9-13)11-4-2-1-3-5-11/h1-5,12-13,18H,6-10H2. The van der Waals surface area contributed by atoms with Gasteiger partial charge in [-0.05, 0) is 37.2 Å². The molecule has 0 saturated heterocycles. The molecule has 2 rings (SSSR count). The number of hydroxylamine groups is 1. The normalized spacial score (nSPS) is 24.4. The van der Waals surface area contributed by atoms with E-state index in [1.807, 2.05) is 18.2 Å². The topological polar surface area (TPSA) is 21.3 Å². The summed E-state index contributed by atoms with van der Waals surface area (Å²) in [6.45, 7) is -1.23. The van der Waals surface area contributed by atoms with E-state index in [-0.39, 0.29) is 6.04 Å². The Labute approximate surface area is 110 Å². The molecule has 1 saturated carbocycles. The maximum absolute atomic E-state index is 11.9. The maximum Gasteiger partial charge on any atom is 0.413 e. The Morgan fingerprint density at radius 3 is 2.26 bits per heavy atom. The minimum absolute atomic E-state index is 0.0299. The molecule has 1 aromatic carbocycles. The van der Waals surface area contributed by atoms with E-state index in [2.05, 4.69) is 22.5 Å². The highest BCUT2D eigenvalue weighted by Gasteiger charge is 2.29. The molecule has 0 spiro atoms. The molecule has 1 aliphatic rings. The number of hydrogen-bond donors (Lipinski definition) is 1. The molecular formula is C14H18F3NO. The van der Waals surface area contributed by atoms with E-state index in [0.29, 0.717) is 5.92 Å². The van der Waals surface area contributed by atoms with Crippen molar-refractivity contribution in [2.75, 3.05) is 6.61 Å². The van der Waals surface area contributed by atoms with Crippen molar-refractivity contribution in [1.29, 1.82) is 0 Å². The van der Waals surface area contributed by atoms with Crippen LogP contribution in [0.4, 0.5) is 13.2 Å². The van der Waals surface area contributed by atoms with Crippen LogP contribution in [0, 0.1) is 0 Å². The largest absolute Gasteiger partial charge is 0.413 e. The third kappa shape index (κ3) is 4.84. The van der Waals surface area contributed by atoms with Crippen molar-refractivity contribution in [3.05, 3.63) is 35.9 Å². The van der Waals surface area contributed by atoms with Crippen LogP contribution >= 0.6 is 0 Å². The van der Waals surface area contributed by atoms with E-state index in [0.717, 1.165) is 25.7 Å². The van der Waals surface area contributed by atoms with Crippen LogP contribution in [0.3, 0.4) is 0 Å². The third-order valence-corrected chi connectivity index (χ3v) is 3.48. The second-order valence-corrected chi connectivity index (χ2v) is 4.98. The molecule has 106 valence electrons. The number of halogens is 3. The Morgan fingerprint density at radius 1 is 1.05 bits per heavy atom. The van der Waals surface area contributed by atoms with Crippen molar-refractivity contribution >= 4 is 0 Å². The van der Waals surface area contributed by atoms with Crippen LogP contribution in [0.5, 0.6) is 0 Å². The lowest BCUT2D eigenvalue weighted by Crippen LogP contribution is -2.35. The zero-order chi connectivity index (χ0) is 13.7. The number of alkyl halides is 3. The van der Waals surface area contributed by atoms with Crippen molar-refractivity contribution in [1.82, 2.24) is 5.48 Å². The van der Waals surface area contributed by atoms with Gasteiger partial charge >= 0.3 is 6.18 Å². The lowest BCUT2D eigenvalue weighted by molar-refractivity contribution is -0.193. The summed E-state index contributed by atoms with van der Waals surface area (Å²) in [5.41, 5.74) is 3.85. The highest BCUT2D eigenvalue weighted by molar-refractivity contribution is 5.19. The summed E-state index contributed by atoms with van der Waals surface area (Å²) in [6, 6.07) is 10.3. The molecule has 5 heteroatoms. The van der Waals surface area contributed by atoms with Crippen LogP contribution in [0.25, 0.3) is 0 Å². The van der Waals surface area contributed by atoms with Gasteiger partial charge in [0, 0.05) is 6.04 Å². The van der Waals surface area contributed by atoms with Gasteiger partial charge in [-0.25, -0.2) is 0 Å². The summed E-state index contributed by atoms with van der Waals surface area (Å²) in [5.74, 6) is 0.516. The molecule has 0 aliphatic heterocycles. The Kier molecular flexibility index (Phi) is 4.82. The predicted molar refractivity (Wildman–Crippen MR) is 66.6 cm³/mol. The quantitative estimate of drug-likeness (QED) is 0.843. The van der Waals surface area contributed by atoms with Gasteiger partial charge in [0.25, 0.3) is 0 Å². The first-order valence-electron chi connectivity index (χ1n) is 6.53. The Hall–Kier alpha value is -1.07. The van der Waals surface area contributed by atoms with Gasteiger partial charge in [0.15, 0.2) is 6.61 Å². The predicted octanol–water partition coefficient (Wildman–Crippen LogP) is 3.80. The zero-order valence-corrected chi connectivity index (χ0v) is 10.6. The molecule has 1 fully saturated rings. The van der Waals surface area contributed by atoms with Crippen LogP contribution in [0.15, 0.2) is 30.3 Å². The van der Waals surface area contributed by atoms with Crippen LogP contribution in [0.1, 0.15) is 37.2 Å². The van der Waals surface area contributed by atoms with Crippen molar-refractivity contribution in [2.45, 2.75) is 43.8 Å². The molecule has 1 aliphatic carbocycles. The molecule has 1 aromatic rings. The fraction of sp³-hybridized carbons (Fsp3) is 0.571. The minimum atomic E-state index is -4.27. The molecule has 0 aromatic heterocycles. The van der Waals surface area contributed by atoms with E-state index in [1.54, 1.807) is 0 Å². The highest BCUT2D eigenvalue weighted by atomic mass is 19.4. The van der Waals surface area contributed by atoms with Gasteiger partial charge in [0.2, 0.25) is 0 Å². The Bertz CT molecular complexity index is 372. The number of benzene rings is 1. The smallest absolute Gasteiger partial charge is 0.292 e. The highest BCUT2D eigenvalue weighted by Crippen LogP contribution is 2.32. The summed E-state index contributed by atoms with van der Waals surface area (Å²) in [5, 5.41) is 0. The van der Waals surface area contributed by atoms with Gasteiger partial charge in [-0.15, -0.1) is 0 Å². The summed E-state index contributed by atoms with van der Waals surface area (Å²) in [4.78, 5) is 4.50. The average Bonchev–Trinajstić information content (AvgIpc) is 2.39. The molecule has 19 heavy (non-hydrogen) atoms. The van der Waals surface area contributed by atoms with Crippen LogP contribution < -0.4 is 5.48 Å². The molecule has 0 amide bonds. The molecule has 0 radical (unpaired) electrons. The van der Waals surface area contributed by atoms with Crippen LogP contribution in [-0.2, 0) is 4.84 Å². The van der Waals surface area contributed by atoms with Gasteiger partial charge in [-0.1, -0.05) is 30.3 Å². The number of rotatable bonds is 4. The first-order chi connectivity index (χ1) is 9.04. The molecule has 0 heterocycles. The molecule has 0 unspecified atom stereocenters. The molecule has 0 bridgehead atoms. The Balaban J connectivity index is 1.71. The first kappa shape index (κ1) is 14.3. The van der Waals surface area contributed by atoms with E-state index in [1.165, 1.54) is 5.56 Å². The van der Waals surface area contributed by atoms with E-state index in [4.69, 9.17) is 0 Å². The Morgan fingerprint density at radius 2 is 1.68 bits per heavy atom. The second kappa shape index (κ2) is 6.39. The van der Waals surface area contributed by atoms with Crippen LogP contribution in [-0.4, -0.2) is 18.8 Å². The lowest BCUT2D eigenvalue weighted by atomic mass is 9.82. The van der Waals surface area contributed by atoms with E-state index >= 15 is 0 Å². The van der Waals surface area contributed by atoms with Gasteiger partial charge in [-0.2, -0.15) is 18.7 Å². The van der Waals surface area contributed by atoms with Gasteiger partial charge in [0.05, 0.1) is 0 Å². The summed E-state index contributed by atoms with van der Waals surface area (Å²) >= 11 is 0. The monoisotopic (exact) mass is 273 g/mol. The third-order valence-electron chi connectivity index (χ3n) is 3.48. The lowest BCUT2D eigenvalue weighted by Gasteiger charge is -2.29. The van der Waals surface area contributed by atoms with Crippen molar-refractivity contribution in [3.8, 4) is 0 Å². The van der Waals surface area contributed by atoms with Crippen molar-refractivity contribution in [2.24, 2.45) is 0 Å². The summed E-state index contributed by atoms with van der Waals surface area (Å²) in [6.07, 6.45) is -0.614. The molecule has 0 atom stereocenters. The fourth-order valence-electron chi connectivity index (χ4n) is 2.51. The van der Waals surface area contributed by atoms with Crippen LogP contribution in [0.2, 0.25) is 0 Å². The summed E-state index contributed by atoms with van der Waals surface area (Å²) in [7, 11) is 0. The maximum atomic E-state index is 11.9. The minimum Gasteiger partial charge on any atom is -0.292 e.